The second kappa shape index (κ2) is 7.77. The van der Waals surface area contributed by atoms with Gasteiger partial charge in [-0.2, -0.15) is 0 Å². The Morgan fingerprint density at radius 2 is 2.04 bits per heavy atom. The zero-order valence-corrected chi connectivity index (χ0v) is 14.8. The number of carbonyl (C=O) groups is 1. The number of aromatic amines is 1. The molecular formula is C19H17FN4O3. The van der Waals surface area contributed by atoms with Crippen molar-refractivity contribution in [2.24, 2.45) is 4.99 Å². The van der Waals surface area contributed by atoms with Crippen LogP contribution in [0.4, 0.5) is 10.1 Å². The SMILES string of the molecule is COC(=O)Cc1[nH]n(-c2ccc(F)cc2)c(=O)c1C(C)=Nc1cccnc1. The number of methoxy groups -OCH3 is 1. The van der Waals surface area contributed by atoms with Crippen LogP contribution in [0.25, 0.3) is 5.69 Å². The molecule has 2 heterocycles. The number of hydrogen-bond donors (Lipinski definition) is 1. The molecule has 0 fully saturated rings. The average Bonchev–Trinajstić information content (AvgIpc) is 2.99. The van der Waals surface area contributed by atoms with E-state index >= 15 is 0 Å². The minimum Gasteiger partial charge on any atom is -0.469 e. The normalized spacial score (nSPS) is 11.4. The fraction of sp³-hybridized carbons (Fsp3) is 0.158. The smallest absolute Gasteiger partial charge is 0.311 e. The number of aliphatic imine (C=N–C) groups is 1. The third-order valence-electron chi connectivity index (χ3n) is 3.90. The number of nitrogens with one attached hydrogen (secondary N) is 1. The Bertz CT molecular complexity index is 1040. The lowest BCUT2D eigenvalue weighted by Crippen LogP contribution is -2.20. The van der Waals surface area contributed by atoms with E-state index < -0.39 is 17.3 Å². The van der Waals surface area contributed by atoms with E-state index in [0.29, 0.717) is 22.8 Å². The number of aromatic nitrogens is 3. The summed E-state index contributed by atoms with van der Waals surface area (Å²) in [5, 5.41) is 2.90. The summed E-state index contributed by atoms with van der Waals surface area (Å²) in [6.45, 7) is 1.67. The second-order valence-corrected chi connectivity index (χ2v) is 5.74. The van der Waals surface area contributed by atoms with Crippen LogP contribution >= 0.6 is 0 Å². The zero-order valence-electron chi connectivity index (χ0n) is 14.8. The summed E-state index contributed by atoms with van der Waals surface area (Å²) >= 11 is 0. The molecule has 138 valence electrons. The number of rotatable bonds is 5. The van der Waals surface area contributed by atoms with Gasteiger partial charge in [0.25, 0.3) is 5.56 Å². The molecule has 0 aliphatic carbocycles. The molecule has 1 N–H and O–H groups in total. The molecule has 1 aromatic carbocycles. The number of nitrogens with zero attached hydrogens (tertiary/aromatic N) is 3. The molecule has 0 unspecified atom stereocenters. The number of carbonyl (C=O) groups excluding carboxylic acids is 1. The first-order valence-corrected chi connectivity index (χ1v) is 8.12. The van der Waals surface area contributed by atoms with Crippen LogP contribution < -0.4 is 5.56 Å². The Kier molecular flexibility index (Phi) is 5.25. The van der Waals surface area contributed by atoms with Crippen molar-refractivity contribution < 1.29 is 13.9 Å². The molecule has 0 saturated heterocycles. The van der Waals surface area contributed by atoms with Crippen molar-refractivity contribution in [2.45, 2.75) is 13.3 Å². The first-order chi connectivity index (χ1) is 13.0. The van der Waals surface area contributed by atoms with Crippen molar-refractivity contribution in [3.63, 3.8) is 0 Å². The van der Waals surface area contributed by atoms with Crippen LogP contribution in [0.5, 0.6) is 0 Å². The predicted octanol–water partition coefficient (Wildman–Crippen LogP) is 2.56. The minimum atomic E-state index is -0.502. The predicted molar refractivity (Wildman–Crippen MR) is 98.2 cm³/mol. The van der Waals surface area contributed by atoms with Crippen LogP contribution in [-0.4, -0.2) is 33.6 Å². The lowest BCUT2D eigenvalue weighted by atomic mass is 10.1. The van der Waals surface area contributed by atoms with Gasteiger partial charge in [-0.05, 0) is 43.3 Å². The van der Waals surface area contributed by atoms with Gasteiger partial charge < -0.3 is 4.74 Å². The highest BCUT2D eigenvalue weighted by Gasteiger charge is 2.20. The van der Waals surface area contributed by atoms with Crippen LogP contribution in [0.2, 0.25) is 0 Å². The van der Waals surface area contributed by atoms with Gasteiger partial charge in [0.05, 0.1) is 48.1 Å². The summed E-state index contributed by atoms with van der Waals surface area (Å²) in [5.74, 6) is -0.916. The van der Waals surface area contributed by atoms with Gasteiger partial charge in [0, 0.05) is 6.20 Å². The zero-order chi connectivity index (χ0) is 19.4. The van der Waals surface area contributed by atoms with Gasteiger partial charge in [-0.3, -0.25) is 24.7 Å². The number of halogens is 1. The molecule has 0 atom stereocenters. The highest BCUT2D eigenvalue weighted by molar-refractivity contribution is 6.01. The first kappa shape index (κ1) is 18.2. The van der Waals surface area contributed by atoms with E-state index in [1.54, 1.807) is 31.5 Å². The summed E-state index contributed by atoms with van der Waals surface area (Å²) in [5.41, 5.74) is 1.66. The molecule has 0 bridgehead atoms. The lowest BCUT2D eigenvalue weighted by molar-refractivity contribution is -0.139. The van der Waals surface area contributed by atoms with E-state index in [-0.39, 0.29) is 12.0 Å². The molecule has 7 nitrogen and oxygen atoms in total. The molecule has 0 aliphatic heterocycles. The third kappa shape index (κ3) is 4.00. The van der Waals surface area contributed by atoms with Crippen molar-refractivity contribution in [3.8, 4) is 5.69 Å². The van der Waals surface area contributed by atoms with E-state index in [4.69, 9.17) is 4.74 Å². The summed E-state index contributed by atoms with van der Waals surface area (Å²) in [7, 11) is 1.27. The average molecular weight is 368 g/mol. The number of H-pyrrole nitrogens is 1. The molecule has 0 radical (unpaired) electrons. The lowest BCUT2D eigenvalue weighted by Gasteiger charge is -2.02. The van der Waals surface area contributed by atoms with Crippen LogP contribution in [0, 0.1) is 5.82 Å². The summed E-state index contributed by atoms with van der Waals surface area (Å²) < 4.78 is 19.1. The van der Waals surface area contributed by atoms with Crippen LogP contribution in [-0.2, 0) is 16.0 Å². The Labute approximate surface area is 154 Å². The Balaban J connectivity index is 2.13. The van der Waals surface area contributed by atoms with Gasteiger partial charge in [0.2, 0.25) is 0 Å². The van der Waals surface area contributed by atoms with Crippen molar-refractivity contribution in [2.75, 3.05) is 7.11 Å². The van der Waals surface area contributed by atoms with Gasteiger partial charge in [-0.15, -0.1) is 0 Å². The van der Waals surface area contributed by atoms with Crippen LogP contribution in [0.1, 0.15) is 18.2 Å². The molecule has 3 rings (SSSR count). The minimum absolute atomic E-state index is 0.130. The maximum Gasteiger partial charge on any atom is 0.311 e. The summed E-state index contributed by atoms with van der Waals surface area (Å²) in [6, 6.07) is 8.91. The number of benzene rings is 1. The Morgan fingerprint density at radius 1 is 1.30 bits per heavy atom. The van der Waals surface area contributed by atoms with E-state index in [1.807, 2.05) is 0 Å². The van der Waals surface area contributed by atoms with Gasteiger partial charge in [0.1, 0.15) is 5.82 Å². The summed E-state index contributed by atoms with van der Waals surface area (Å²) in [4.78, 5) is 33.1. The molecule has 2 aromatic heterocycles. The molecular weight excluding hydrogens is 351 g/mol. The first-order valence-electron chi connectivity index (χ1n) is 8.12. The Morgan fingerprint density at radius 3 is 2.67 bits per heavy atom. The second-order valence-electron chi connectivity index (χ2n) is 5.74. The van der Waals surface area contributed by atoms with E-state index in [0.717, 1.165) is 0 Å². The standard InChI is InChI=1S/C19H17FN4O3/c1-12(22-14-4-3-9-21-11-14)18-16(10-17(25)27-2)23-24(19(18)26)15-7-5-13(20)6-8-15/h3-9,11,23H,10H2,1-2H3. The van der Waals surface area contributed by atoms with Gasteiger partial charge >= 0.3 is 5.97 Å². The Hall–Kier alpha value is -3.55. The molecule has 0 aliphatic rings. The van der Waals surface area contributed by atoms with Crippen molar-refractivity contribution in [1.29, 1.82) is 0 Å². The fourth-order valence-corrected chi connectivity index (χ4v) is 2.64. The van der Waals surface area contributed by atoms with E-state index in [2.05, 4.69) is 15.1 Å². The molecule has 3 aromatic rings. The molecule has 27 heavy (non-hydrogen) atoms. The largest absolute Gasteiger partial charge is 0.469 e. The molecule has 0 amide bonds. The molecule has 0 saturated carbocycles. The highest BCUT2D eigenvalue weighted by atomic mass is 19.1. The van der Waals surface area contributed by atoms with Gasteiger partial charge in [-0.25, -0.2) is 9.07 Å². The van der Waals surface area contributed by atoms with E-state index in [1.165, 1.54) is 36.1 Å². The van der Waals surface area contributed by atoms with Crippen molar-refractivity contribution >= 4 is 17.4 Å². The van der Waals surface area contributed by atoms with Gasteiger partial charge in [0.15, 0.2) is 0 Å². The van der Waals surface area contributed by atoms with Crippen LogP contribution in [0.15, 0.2) is 58.6 Å². The number of hydrogen-bond acceptors (Lipinski definition) is 5. The number of ether oxygens (including phenoxy) is 1. The fourth-order valence-electron chi connectivity index (χ4n) is 2.64. The maximum absolute atomic E-state index is 13.2. The van der Waals surface area contributed by atoms with Crippen molar-refractivity contribution in [3.05, 3.63) is 76.2 Å². The molecule has 8 heteroatoms. The van der Waals surface area contributed by atoms with Crippen LogP contribution in [0.3, 0.4) is 0 Å². The quantitative estimate of drug-likeness (QED) is 0.554. The number of esters is 1. The van der Waals surface area contributed by atoms with Gasteiger partial charge in [-0.1, -0.05) is 0 Å². The van der Waals surface area contributed by atoms with Crippen molar-refractivity contribution in [1.82, 2.24) is 14.8 Å². The maximum atomic E-state index is 13.2. The monoisotopic (exact) mass is 368 g/mol. The third-order valence-corrected chi connectivity index (χ3v) is 3.90. The molecule has 0 spiro atoms. The topological polar surface area (TPSA) is 89.3 Å². The number of pyridine rings is 1. The highest BCUT2D eigenvalue weighted by Crippen LogP contribution is 2.15. The van der Waals surface area contributed by atoms with E-state index in [9.17, 15) is 14.0 Å². The summed E-state index contributed by atoms with van der Waals surface area (Å²) in [6.07, 6.45) is 3.05.